The number of nitrogens with two attached hydrogens (primary N) is 1. The maximum atomic E-state index is 12.0. The molecule has 0 amide bonds. The fourth-order valence-corrected chi connectivity index (χ4v) is 2.70. The molecule has 0 fully saturated rings. The summed E-state index contributed by atoms with van der Waals surface area (Å²) in [6.45, 7) is 0.248. The largest absolute Gasteiger partial charge is 0.397 e. The third-order valence-corrected chi connectivity index (χ3v) is 4.29. The van der Waals surface area contributed by atoms with Crippen molar-refractivity contribution in [3.63, 3.8) is 0 Å². The van der Waals surface area contributed by atoms with Crippen LogP contribution in [0.2, 0.25) is 5.02 Å². The molecule has 0 bridgehead atoms. The summed E-state index contributed by atoms with van der Waals surface area (Å²) in [5, 5.41) is 0.328. The fourth-order valence-electron chi connectivity index (χ4n) is 1.51. The molecule has 0 spiro atoms. The van der Waals surface area contributed by atoms with Crippen LogP contribution in [0, 0.1) is 0 Å². The second kappa shape index (κ2) is 5.60. The SMILES string of the molecule is Nc1cc(S(=O)(=O)NCCc2ncc[nH]2)ccc1Cl. The molecule has 1 aromatic heterocycles. The Hall–Kier alpha value is -1.57. The molecule has 0 saturated heterocycles. The van der Waals surface area contributed by atoms with E-state index in [4.69, 9.17) is 17.3 Å². The van der Waals surface area contributed by atoms with Crippen LogP contribution in [0.25, 0.3) is 0 Å². The summed E-state index contributed by atoms with van der Waals surface area (Å²) in [5.41, 5.74) is 5.82. The van der Waals surface area contributed by atoms with Gasteiger partial charge in [0, 0.05) is 25.4 Å². The average Bonchev–Trinajstić information content (AvgIpc) is 2.85. The monoisotopic (exact) mass is 300 g/mol. The first-order chi connectivity index (χ1) is 8.99. The van der Waals surface area contributed by atoms with Gasteiger partial charge in [0.05, 0.1) is 15.6 Å². The maximum Gasteiger partial charge on any atom is 0.240 e. The molecule has 1 heterocycles. The third-order valence-electron chi connectivity index (χ3n) is 2.49. The van der Waals surface area contributed by atoms with Crippen molar-refractivity contribution in [2.45, 2.75) is 11.3 Å². The highest BCUT2D eigenvalue weighted by Gasteiger charge is 2.14. The normalized spacial score (nSPS) is 11.6. The Morgan fingerprint density at radius 2 is 2.21 bits per heavy atom. The predicted molar refractivity (Wildman–Crippen MR) is 73.3 cm³/mol. The number of sulfonamides is 1. The van der Waals surface area contributed by atoms with Gasteiger partial charge in [0.15, 0.2) is 0 Å². The van der Waals surface area contributed by atoms with Crippen molar-refractivity contribution in [2.75, 3.05) is 12.3 Å². The number of halogens is 1. The maximum absolute atomic E-state index is 12.0. The van der Waals surface area contributed by atoms with Gasteiger partial charge in [0.25, 0.3) is 0 Å². The Morgan fingerprint density at radius 3 is 2.84 bits per heavy atom. The molecule has 0 unspecified atom stereocenters. The van der Waals surface area contributed by atoms with Crippen molar-refractivity contribution in [2.24, 2.45) is 0 Å². The average molecular weight is 301 g/mol. The first-order valence-corrected chi connectivity index (χ1v) is 7.38. The van der Waals surface area contributed by atoms with Crippen LogP contribution < -0.4 is 10.5 Å². The van der Waals surface area contributed by atoms with E-state index in [2.05, 4.69) is 14.7 Å². The van der Waals surface area contributed by atoms with Crippen molar-refractivity contribution in [1.29, 1.82) is 0 Å². The number of rotatable bonds is 5. The van der Waals surface area contributed by atoms with Crippen molar-refractivity contribution in [1.82, 2.24) is 14.7 Å². The first kappa shape index (κ1) is 13.9. The van der Waals surface area contributed by atoms with Crippen molar-refractivity contribution >= 4 is 27.3 Å². The summed E-state index contributed by atoms with van der Waals surface area (Å²) >= 11 is 5.75. The van der Waals surface area contributed by atoms with E-state index in [0.29, 0.717) is 11.4 Å². The molecular weight excluding hydrogens is 288 g/mol. The summed E-state index contributed by atoms with van der Waals surface area (Å²) in [5.74, 6) is 0.721. The number of imidazole rings is 1. The molecule has 0 atom stereocenters. The van der Waals surface area contributed by atoms with Gasteiger partial charge in [-0.2, -0.15) is 0 Å². The summed E-state index contributed by atoms with van der Waals surface area (Å²) < 4.78 is 26.4. The lowest BCUT2D eigenvalue weighted by Gasteiger charge is -2.07. The van der Waals surface area contributed by atoms with E-state index in [1.54, 1.807) is 12.4 Å². The van der Waals surface area contributed by atoms with Crippen LogP contribution in [0.5, 0.6) is 0 Å². The lowest BCUT2D eigenvalue weighted by Crippen LogP contribution is -2.26. The second-order valence-electron chi connectivity index (χ2n) is 3.87. The highest BCUT2D eigenvalue weighted by Crippen LogP contribution is 2.21. The minimum atomic E-state index is -3.58. The molecule has 0 radical (unpaired) electrons. The number of nitrogens with one attached hydrogen (secondary N) is 2. The molecule has 0 aliphatic carbocycles. The van der Waals surface area contributed by atoms with E-state index in [0.717, 1.165) is 5.82 Å². The molecule has 0 aliphatic heterocycles. The van der Waals surface area contributed by atoms with Gasteiger partial charge >= 0.3 is 0 Å². The van der Waals surface area contributed by atoms with Gasteiger partial charge in [-0.25, -0.2) is 18.1 Å². The zero-order valence-electron chi connectivity index (χ0n) is 9.93. The number of nitrogens with zero attached hydrogens (tertiary/aromatic N) is 1. The zero-order chi connectivity index (χ0) is 13.9. The van der Waals surface area contributed by atoms with Crippen LogP contribution in [0.1, 0.15) is 5.82 Å². The molecule has 2 aromatic rings. The molecule has 8 heteroatoms. The quantitative estimate of drug-likeness (QED) is 0.721. The molecule has 2 rings (SSSR count). The smallest absolute Gasteiger partial charge is 0.240 e. The highest BCUT2D eigenvalue weighted by molar-refractivity contribution is 7.89. The minimum Gasteiger partial charge on any atom is -0.397 e. The summed E-state index contributed by atoms with van der Waals surface area (Å²) in [7, 11) is -3.58. The van der Waals surface area contributed by atoms with Gasteiger partial charge in [-0.1, -0.05) is 11.6 Å². The zero-order valence-corrected chi connectivity index (χ0v) is 11.5. The number of anilines is 1. The number of hydrogen-bond donors (Lipinski definition) is 3. The van der Waals surface area contributed by atoms with Crippen LogP contribution in [0.15, 0.2) is 35.5 Å². The van der Waals surface area contributed by atoms with Crippen LogP contribution >= 0.6 is 11.6 Å². The van der Waals surface area contributed by atoms with E-state index in [-0.39, 0.29) is 17.1 Å². The molecule has 102 valence electrons. The molecule has 1 aromatic carbocycles. The van der Waals surface area contributed by atoms with Gasteiger partial charge in [0.2, 0.25) is 10.0 Å². The second-order valence-corrected chi connectivity index (χ2v) is 6.04. The summed E-state index contributed by atoms with van der Waals surface area (Å²) in [6, 6.07) is 4.20. The fraction of sp³-hybridized carbons (Fsp3) is 0.182. The third kappa shape index (κ3) is 3.46. The molecular formula is C11H13ClN4O2S. The van der Waals surface area contributed by atoms with E-state index in [1.807, 2.05) is 0 Å². The van der Waals surface area contributed by atoms with Gasteiger partial charge < -0.3 is 10.7 Å². The highest BCUT2D eigenvalue weighted by atomic mass is 35.5. The van der Waals surface area contributed by atoms with Crippen LogP contribution in [0.4, 0.5) is 5.69 Å². The standard InChI is InChI=1S/C11H13ClN4O2S/c12-9-2-1-8(7-10(9)13)19(17,18)16-4-3-11-14-5-6-15-11/h1-2,5-7,16H,3-4,13H2,(H,14,15). The van der Waals surface area contributed by atoms with E-state index < -0.39 is 10.0 Å². The van der Waals surface area contributed by atoms with E-state index in [9.17, 15) is 8.42 Å². The van der Waals surface area contributed by atoms with E-state index >= 15 is 0 Å². The molecule has 19 heavy (non-hydrogen) atoms. The Labute approximate surface area is 116 Å². The topological polar surface area (TPSA) is 101 Å². The Balaban J connectivity index is 2.03. The molecule has 0 aliphatic rings. The van der Waals surface area contributed by atoms with Crippen molar-refractivity contribution in [3.05, 3.63) is 41.4 Å². The number of aromatic amines is 1. The van der Waals surface area contributed by atoms with Gasteiger partial charge in [-0.3, -0.25) is 0 Å². The number of H-pyrrole nitrogens is 1. The number of nitrogen functional groups attached to an aromatic ring is 1. The Bertz CT molecular complexity index is 655. The van der Waals surface area contributed by atoms with Gasteiger partial charge in [0.1, 0.15) is 5.82 Å². The number of benzene rings is 1. The van der Waals surface area contributed by atoms with Gasteiger partial charge in [-0.05, 0) is 18.2 Å². The van der Waals surface area contributed by atoms with Crippen LogP contribution in [-0.2, 0) is 16.4 Å². The van der Waals surface area contributed by atoms with Gasteiger partial charge in [-0.15, -0.1) is 0 Å². The van der Waals surface area contributed by atoms with Crippen LogP contribution in [-0.4, -0.2) is 24.9 Å². The van der Waals surface area contributed by atoms with E-state index in [1.165, 1.54) is 18.2 Å². The molecule has 0 saturated carbocycles. The predicted octanol–water partition coefficient (Wildman–Crippen LogP) is 1.17. The molecule has 4 N–H and O–H groups in total. The summed E-state index contributed by atoms with van der Waals surface area (Å²) in [4.78, 5) is 6.99. The minimum absolute atomic E-state index is 0.0915. The Morgan fingerprint density at radius 1 is 1.42 bits per heavy atom. The molecule has 6 nitrogen and oxygen atoms in total. The lowest BCUT2D eigenvalue weighted by atomic mass is 10.3. The summed E-state index contributed by atoms with van der Waals surface area (Å²) in [6.07, 6.45) is 3.78. The van der Waals surface area contributed by atoms with Crippen molar-refractivity contribution < 1.29 is 8.42 Å². The van der Waals surface area contributed by atoms with Crippen LogP contribution in [0.3, 0.4) is 0 Å². The number of hydrogen-bond acceptors (Lipinski definition) is 4. The Kier molecular flexibility index (Phi) is 4.08. The van der Waals surface area contributed by atoms with Crippen molar-refractivity contribution in [3.8, 4) is 0 Å². The first-order valence-electron chi connectivity index (χ1n) is 5.52. The number of aromatic nitrogens is 2. The lowest BCUT2D eigenvalue weighted by molar-refractivity contribution is 0.581.